The lowest BCUT2D eigenvalue weighted by Gasteiger charge is -2.09. The molecule has 0 unspecified atom stereocenters. The first-order valence-electron chi connectivity index (χ1n) is 7.80. The van der Waals surface area contributed by atoms with Crippen molar-refractivity contribution in [2.24, 2.45) is 7.05 Å². The average molecular weight is 408 g/mol. The van der Waals surface area contributed by atoms with Crippen LogP contribution in [0.4, 0.5) is 8.78 Å². The molecule has 0 bridgehead atoms. The molecule has 146 valence electrons. The third kappa shape index (κ3) is 3.56. The molecule has 3 rings (SSSR count). The lowest BCUT2D eigenvalue weighted by molar-refractivity contribution is 0.0967. The molecule has 8 nitrogen and oxygen atoms in total. The van der Waals surface area contributed by atoms with Crippen LogP contribution in [0.2, 0.25) is 0 Å². The number of methoxy groups -OCH3 is 1. The van der Waals surface area contributed by atoms with Crippen LogP contribution in [-0.4, -0.2) is 36.2 Å². The molecule has 11 heteroatoms. The maximum absolute atomic E-state index is 13.9. The minimum absolute atomic E-state index is 0.0369. The molecular weight excluding hydrogens is 394 g/mol. The highest BCUT2D eigenvalue weighted by Crippen LogP contribution is 2.24. The van der Waals surface area contributed by atoms with Crippen molar-refractivity contribution in [1.82, 2.24) is 19.5 Å². The lowest BCUT2D eigenvalue weighted by Crippen LogP contribution is -2.32. The summed E-state index contributed by atoms with van der Waals surface area (Å²) in [6, 6.07) is 8.90. The predicted molar refractivity (Wildman–Crippen MR) is 94.0 cm³/mol. The number of nitrogens with zero attached hydrogens (tertiary/aromatic N) is 3. The molecule has 3 aromatic rings. The van der Waals surface area contributed by atoms with Gasteiger partial charge in [-0.3, -0.25) is 4.79 Å². The zero-order valence-corrected chi connectivity index (χ0v) is 15.5. The summed E-state index contributed by atoms with van der Waals surface area (Å²) in [5.41, 5.74) is -0.523. The summed E-state index contributed by atoms with van der Waals surface area (Å²) in [5.74, 6) is -3.76. The fourth-order valence-corrected chi connectivity index (χ4v) is 3.58. The van der Waals surface area contributed by atoms with Crippen LogP contribution in [0.5, 0.6) is 5.75 Å². The van der Waals surface area contributed by atoms with Gasteiger partial charge in [-0.2, -0.15) is 5.10 Å². The van der Waals surface area contributed by atoms with Crippen molar-refractivity contribution in [3.63, 3.8) is 0 Å². The standard InChI is InChI=1S/C17H14F2N4O4S/c1-23-16(20-15(21-23)14-10(18)6-5-7-11(14)19)17(24)22-28(25,26)13-9-4-3-8-12(13)27-2/h3-9H,1-2H3,(H,22,24). The lowest BCUT2D eigenvalue weighted by atomic mass is 10.2. The Kier molecular flexibility index (Phi) is 5.10. The summed E-state index contributed by atoms with van der Waals surface area (Å²) in [5, 5.41) is 3.81. The molecule has 1 heterocycles. The van der Waals surface area contributed by atoms with Gasteiger partial charge < -0.3 is 4.74 Å². The number of carbonyl (C=O) groups is 1. The van der Waals surface area contributed by atoms with Crippen LogP contribution in [0.15, 0.2) is 47.4 Å². The highest BCUT2D eigenvalue weighted by molar-refractivity contribution is 7.90. The van der Waals surface area contributed by atoms with Crippen LogP contribution in [0.25, 0.3) is 11.4 Å². The number of aryl methyl sites for hydroxylation is 1. The van der Waals surface area contributed by atoms with Gasteiger partial charge in [-0.25, -0.2) is 31.6 Å². The number of nitrogens with one attached hydrogen (secondary N) is 1. The maximum atomic E-state index is 13.9. The van der Waals surface area contributed by atoms with Gasteiger partial charge in [0.05, 0.1) is 12.7 Å². The van der Waals surface area contributed by atoms with E-state index in [1.807, 2.05) is 4.72 Å². The van der Waals surface area contributed by atoms with Crippen molar-refractivity contribution in [1.29, 1.82) is 0 Å². The number of hydrogen-bond acceptors (Lipinski definition) is 6. The van der Waals surface area contributed by atoms with Crippen molar-refractivity contribution >= 4 is 15.9 Å². The molecule has 0 saturated carbocycles. The molecule has 0 spiro atoms. The van der Waals surface area contributed by atoms with Gasteiger partial charge in [-0.05, 0) is 24.3 Å². The summed E-state index contributed by atoms with van der Waals surface area (Å²) in [4.78, 5) is 16.0. The summed E-state index contributed by atoms with van der Waals surface area (Å²) in [7, 11) is -1.72. The molecular formula is C17H14F2N4O4S. The smallest absolute Gasteiger partial charge is 0.302 e. The Bertz CT molecular complexity index is 1140. The minimum atomic E-state index is -4.29. The summed E-state index contributed by atoms with van der Waals surface area (Å²) in [6.45, 7) is 0. The molecule has 0 aliphatic heterocycles. The summed E-state index contributed by atoms with van der Waals surface area (Å²) >= 11 is 0. The van der Waals surface area contributed by atoms with E-state index in [1.165, 1.54) is 38.4 Å². The summed E-state index contributed by atoms with van der Waals surface area (Å²) < 4.78 is 60.6. The van der Waals surface area contributed by atoms with Gasteiger partial charge in [0.15, 0.2) is 5.82 Å². The van der Waals surface area contributed by atoms with Crippen LogP contribution in [0.1, 0.15) is 10.6 Å². The Morgan fingerprint density at radius 3 is 2.39 bits per heavy atom. The number of halogens is 2. The number of aromatic nitrogens is 3. The molecule has 1 N–H and O–H groups in total. The fourth-order valence-electron chi connectivity index (χ4n) is 2.46. The Morgan fingerprint density at radius 2 is 1.75 bits per heavy atom. The van der Waals surface area contributed by atoms with E-state index in [4.69, 9.17) is 4.74 Å². The molecule has 28 heavy (non-hydrogen) atoms. The number of benzene rings is 2. The molecule has 1 amide bonds. The van der Waals surface area contributed by atoms with Crippen LogP contribution in [0.3, 0.4) is 0 Å². The van der Waals surface area contributed by atoms with Crippen LogP contribution < -0.4 is 9.46 Å². The van der Waals surface area contributed by atoms with Crippen LogP contribution >= 0.6 is 0 Å². The predicted octanol–water partition coefficient (Wildman–Crippen LogP) is 1.89. The zero-order chi connectivity index (χ0) is 20.5. The first-order chi connectivity index (χ1) is 13.2. The van der Waals surface area contributed by atoms with Gasteiger partial charge in [0.25, 0.3) is 10.0 Å². The van der Waals surface area contributed by atoms with Crippen molar-refractivity contribution < 1.29 is 26.7 Å². The van der Waals surface area contributed by atoms with Crippen molar-refractivity contribution in [2.45, 2.75) is 4.90 Å². The highest BCUT2D eigenvalue weighted by Gasteiger charge is 2.26. The number of rotatable bonds is 5. The number of para-hydroxylation sites is 1. The second kappa shape index (κ2) is 7.35. The fraction of sp³-hybridized carbons (Fsp3) is 0.118. The minimum Gasteiger partial charge on any atom is -0.495 e. The van der Waals surface area contributed by atoms with E-state index >= 15 is 0 Å². The van der Waals surface area contributed by atoms with E-state index in [1.54, 1.807) is 6.07 Å². The number of ether oxygens (including phenoxy) is 1. The quantitative estimate of drug-likeness (QED) is 0.692. The van der Waals surface area contributed by atoms with Gasteiger partial charge in [0, 0.05) is 7.05 Å². The molecule has 0 fully saturated rings. The van der Waals surface area contributed by atoms with E-state index in [0.717, 1.165) is 16.8 Å². The van der Waals surface area contributed by atoms with E-state index < -0.39 is 44.8 Å². The van der Waals surface area contributed by atoms with E-state index in [9.17, 15) is 22.0 Å². The molecule has 1 aromatic heterocycles. The molecule has 0 radical (unpaired) electrons. The van der Waals surface area contributed by atoms with Crippen LogP contribution in [0, 0.1) is 11.6 Å². The molecule has 2 aromatic carbocycles. The molecule has 0 saturated heterocycles. The van der Waals surface area contributed by atoms with Gasteiger partial charge in [-0.1, -0.05) is 18.2 Å². The number of amides is 1. The number of sulfonamides is 1. The van der Waals surface area contributed by atoms with Gasteiger partial charge in [-0.15, -0.1) is 0 Å². The third-order valence-corrected chi connectivity index (χ3v) is 5.11. The number of hydrogen-bond donors (Lipinski definition) is 1. The maximum Gasteiger partial charge on any atom is 0.302 e. The van der Waals surface area contributed by atoms with Crippen LogP contribution in [-0.2, 0) is 17.1 Å². The monoisotopic (exact) mass is 408 g/mol. The largest absolute Gasteiger partial charge is 0.495 e. The Balaban J connectivity index is 1.95. The highest BCUT2D eigenvalue weighted by atomic mass is 32.2. The second-order valence-corrected chi connectivity index (χ2v) is 7.22. The number of carbonyl (C=O) groups excluding carboxylic acids is 1. The average Bonchev–Trinajstić information content (AvgIpc) is 3.02. The van der Waals surface area contributed by atoms with E-state index in [2.05, 4.69) is 10.1 Å². The van der Waals surface area contributed by atoms with Crippen molar-refractivity contribution in [3.05, 3.63) is 59.9 Å². The molecule has 0 aliphatic rings. The zero-order valence-electron chi connectivity index (χ0n) is 14.7. The van der Waals surface area contributed by atoms with Gasteiger partial charge >= 0.3 is 5.91 Å². The van der Waals surface area contributed by atoms with Gasteiger partial charge in [0.1, 0.15) is 22.3 Å². The van der Waals surface area contributed by atoms with Crippen molar-refractivity contribution in [2.75, 3.05) is 7.11 Å². The second-order valence-electron chi connectivity index (χ2n) is 5.56. The Morgan fingerprint density at radius 1 is 1.11 bits per heavy atom. The van der Waals surface area contributed by atoms with E-state index in [0.29, 0.717) is 0 Å². The molecule has 0 aliphatic carbocycles. The normalized spacial score (nSPS) is 11.3. The third-order valence-electron chi connectivity index (χ3n) is 3.74. The summed E-state index contributed by atoms with van der Waals surface area (Å²) in [6.07, 6.45) is 0. The first-order valence-corrected chi connectivity index (χ1v) is 9.28. The SMILES string of the molecule is COc1ccccc1S(=O)(=O)NC(=O)c1nc(-c2c(F)cccc2F)nn1C. The topological polar surface area (TPSA) is 103 Å². The Hall–Kier alpha value is -3.34. The van der Waals surface area contributed by atoms with Gasteiger partial charge in [0.2, 0.25) is 5.82 Å². The first kappa shape index (κ1) is 19.4. The molecule has 0 atom stereocenters. The Labute approximate surface area is 158 Å². The van der Waals surface area contributed by atoms with E-state index in [-0.39, 0.29) is 10.6 Å². The van der Waals surface area contributed by atoms with Crippen molar-refractivity contribution in [3.8, 4) is 17.1 Å².